The zero-order chi connectivity index (χ0) is 10.5. The van der Waals surface area contributed by atoms with Crippen molar-refractivity contribution >= 4 is 0 Å². The van der Waals surface area contributed by atoms with Gasteiger partial charge in [-0.15, -0.1) is 10.2 Å². The van der Waals surface area contributed by atoms with E-state index in [9.17, 15) is 0 Å². The number of pyridine rings is 1. The highest BCUT2D eigenvalue weighted by Crippen LogP contribution is 2.07. The molecular formula is C9H12N6. The van der Waals surface area contributed by atoms with E-state index in [1.54, 1.807) is 6.20 Å². The first-order chi connectivity index (χ1) is 7.40. The van der Waals surface area contributed by atoms with Gasteiger partial charge in [0, 0.05) is 6.20 Å². The summed E-state index contributed by atoms with van der Waals surface area (Å²) in [6, 6.07) is 5.59. The summed E-state index contributed by atoms with van der Waals surface area (Å²) in [7, 11) is 0. The van der Waals surface area contributed by atoms with Gasteiger partial charge in [0.25, 0.3) is 0 Å². The Balaban J connectivity index is 2.14. The second-order valence-corrected chi connectivity index (χ2v) is 3.07. The molecule has 6 heteroatoms. The van der Waals surface area contributed by atoms with Crippen molar-refractivity contribution in [1.29, 1.82) is 0 Å². The predicted molar refractivity (Wildman–Crippen MR) is 54.7 cm³/mol. The predicted octanol–water partition coefficient (Wildman–Crippen LogP) is 0.0839. The smallest absolute Gasteiger partial charge is 0.223 e. The molecule has 0 unspecified atom stereocenters. The number of hydrogen-bond acceptors (Lipinski definition) is 5. The van der Waals surface area contributed by atoms with Crippen LogP contribution in [-0.2, 0) is 6.54 Å². The first kappa shape index (κ1) is 9.72. The second kappa shape index (κ2) is 4.61. The Labute approximate surface area is 87.1 Å². The Morgan fingerprint density at radius 3 is 3.00 bits per heavy atom. The van der Waals surface area contributed by atoms with Crippen LogP contribution in [0, 0.1) is 0 Å². The molecule has 2 rings (SSSR count). The Bertz CT molecular complexity index is 410. The molecule has 78 valence electrons. The van der Waals surface area contributed by atoms with Crippen molar-refractivity contribution in [3.05, 3.63) is 24.4 Å². The molecule has 0 aliphatic rings. The molecule has 0 saturated carbocycles. The third kappa shape index (κ3) is 2.35. The number of hydrogen-bond donors (Lipinski definition) is 1. The maximum absolute atomic E-state index is 5.39. The van der Waals surface area contributed by atoms with Crippen LogP contribution in [0.3, 0.4) is 0 Å². The topological polar surface area (TPSA) is 82.5 Å². The van der Waals surface area contributed by atoms with Gasteiger partial charge in [-0.2, -0.15) is 4.80 Å². The van der Waals surface area contributed by atoms with E-state index in [4.69, 9.17) is 5.73 Å². The molecule has 0 radical (unpaired) electrons. The molecule has 2 aromatic heterocycles. The van der Waals surface area contributed by atoms with Crippen molar-refractivity contribution in [2.75, 3.05) is 6.54 Å². The van der Waals surface area contributed by atoms with E-state index in [0.717, 1.165) is 12.1 Å². The van der Waals surface area contributed by atoms with E-state index >= 15 is 0 Å². The van der Waals surface area contributed by atoms with E-state index in [2.05, 4.69) is 20.4 Å². The van der Waals surface area contributed by atoms with Gasteiger partial charge in [0.15, 0.2) is 0 Å². The van der Waals surface area contributed by atoms with Gasteiger partial charge in [0.1, 0.15) is 5.69 Å². The largest absolute Gasteiger partial charge is 0.330 e. The van der Waals surface area contributed by atoms with Crippen molar-refractivity contribution < 1.29 is 0 Å². The number of aromatic nitrogens is 5. The number of tetrazole rings is 1. The Morgan fingerprint density at radius 2 is 2.27 bits per heavy atom. The number of rotatable bonds is 4. The lowest BCUT2D eigenvalue weighted by atomic mass is 10.3. The molecule has 2 aromatic rings. The molecule has 0 fully saturated rings. The zero-order valence-corrected chi connectivity index (χ0v) is 8.24. The maximum atomic E-state index is 5.39. The summed E-state index contributed by atoms with van der Waals surface area (Å²) in [5.74, 6) is 0.549. The minimum Gasteiger partial charge on any atom is -0.330 e. The van der Waals surface area contributed by atoms with Gasteiger partial charge in [-0.05, 0) is 30.3 Å². The fourth-order valence-electron chi connectivity index (χ4n) is 1.17. The number of nitrogens with two attached hydrogens (primary N) is 1. The first-order valence-corrected chi connectivity index (χ1v) is 4.79. The van der Waals surface area contributed by atoms with Crippen LogP contribution in [0.25, 0.3) is 11.5 Å². The molecule has 0 amide bonds. The lowest BCUT2D eigenvalue weighted by Gasteiger charge is -1.94. The van der Waals surface area contributed by atoms with Gasteiger partial charge < -0.3 is 5.73 Å². The molecule has 2 heterocycles. The summed E-state index contributed by atoms with van der Waals surface area (Å²) >= 11 is 0. The maximum Gasteiger partial charge on any atom is 0.223 e. The Hall–Kier alpha value is -1.82. The lowest BCUT2D eigenvalue weighted by Crippen LogP contribution is -2.08. The van der Waals surface area contributed by atoms with Crippen molar-refractivity contribution in [1.82, 2.24) is 25.2 Å². The van der Waals surface area contributed by atoms with E-state index < -0.39 is 0 Å². The van der Waals surface area contributed by atoms with Crippen LogP contribution in [-0.4, -0.2) is 31.7 Å². The molecule has 0 atom stereocenters. The van der Waals surface area contributed by atoms with Gasteiger partial charge in [-0.1, -0.05) is 6.07 Å². The van der Waals surface area contributed by atoms with Crippen molar-refractivity contribution in [3.63, 3.8) is 0 Å². The van der Waals surface area contributed by atoms with Crippen molar-refractivity contribution in [2.24, 2.45) is 5.73 Å². The minimum atomic E-state index is 0.549. The van der Waals surface area contributed by atoms with Crippen molar-refractivity contribution in [3.8, 4) is 11.5 Å². The molecule has 15 heavy (non-hydrogen) atoms. The fraction of sp³-hybridized carbons (Fsp3) is 0.333. The molecule has 6 nitrogen and oxygen atoms in total. The van der Waals surface area contributed by atoms with Gasteiger partial charge in [0.2, 0.25) is 5.82 Å². The van der Waals surface area contributed by atoms with E-state index in [0.29, 0.717) is 18.9 Å². The number of nitrogens with zero attached hydrogens (tertiary/aromatic N) is 5. The second-order valence-electron chi connectivity index (χ2n) is 3.07. The third-order valence-corrected chi connectivity index (χ3v) is 1.91. The summed E-state index contributed by atoms with van der Waals surface area (Å²) in [6.45, 7) is 1.32. The van der Waals surface area contributed by atoms with Crippen molar-refractivity contribution in [2.45, 2.75) is 13.0 Å². The van der Waals surface area contributed by atoms with Crippen LogP contribution in [0.2, 0.25) is 0 Å². The highest BCUT2D eigenvalue weighted by Gasteiger charge is 2.05. The summed E-state index contributed by atoms with van der Waals surface area (Å²) < 4.78 is 0. The zero-order valence-electron chi connectivity index (χ0n) is 8.24. The Morgan fingerprint density at radius 1 is 1.33 bits per heavy atom. The molecule has 0 saturated heterocycles. The quantitative estimate of drug-likeness (QED) is 0.762. The molecule has 0 bridgehead atoms. The molecule has 0 spiro atoms. The van der Waals surface area contributed by atoms with E-state index in [1.807, 2.05) is 18.2 Å². The minimum absolute atomic E-state index is 0.549. The van der Waals surface area contributed by atoms with E-state index in [-0.39, 0.29) is 0 Å². The number of aryl methyl sites for hydroxylation is 1. The Kier molecular flexibility index (Phi) is 2.99. The van der Waals surface area contributed by atoms with Crippen LogP contribution < -0.4 is 5.73 Å². The molecule has 0 aliphatic carbocycles. The summed E-state index contributed by atoms with van der Waals surface area (Å²) in [5, 5.41) is 12.0. The molecule has 0 aliphatic heterocycles. The monoisotopic (exact) mass is 204 g/mol. The highest BCUT2D eigenvalue weighted by atomic mass is 15.6. The highest BCUT2D eigenvalue weighted by molar-refractivity contribution is 5.46. The van der Waals surface area contributed by atoms with Gasteiger partial charge in [-0.25, -0.2) is 0 Å². The van der Waals surface area contributed by atoms with Gasteiger partial charge in [0.05, 0.1) is 6.54 Å². The first-order valence-electron chi connectivity index (χ1n) is 4.79. The average Bonchev–Trinajstić information content (AvgIpc) is 2.76. The fourth-order valence-corrected chi connectivity index (χ4v) is 1.17. The third-order valence-electron chi connectivity index (χ3n) is 1.91. The molecule has 2 N–H and O–H groups in total. The van der Waals surface area contributed by atoms with Gasteiger partial charge in [-0.3, -0.25) is 4.98 Å². The van der Waals surface area contributed by atoms with Crippen LogP contribution >= 0.6 is 0 Å². The van der Waals surface area contributed by atoms with Crippen LogP contribution in [0.15, 0.2) is 24.4 Å². The van der Waals surface area contributed by atoms with Crippen LogP contribution in [0.1, 0.15) is 6.42 Å². The average molecular weight is 204 g/mol. The SMILES string of the molecule is NCCCn1nnc(-c2ccccn2)n1. The standard InChI is InChI=1S/C9H12N6/c10-5-3-7-15-13-9(12-14-15)8-4-1-2-6-11-8/h1-2,4,6H,3,5,7,10H2. The normalized spacial score (nSPS) is 10.5. The lowest BCUT2D eigenvalue weighted by molar-refractivity contribution is 0.504. The molecule has 0 aromatic carbocycles. The van der Waals surface area contributed by atoms with Crippen LogP contribution in [0.4, 0.5) is 0 Å². The summed E-state index contributed by atoms with van der Waals surface area (Å²) in [5.41, 5.74) is 6.13. The molecular weight excluding hydrogens is 192 g/mol. The summed E-state index contributed by atoms with van der Waals surface area (Å²) in [4.78, 5) is 5.68. The summed E-state index contributed by atoms with van der Waals surface area (Å²) in [6.07, 6.45) is 2.55. The van der Waals surface area contributed by atoms with Crippen LogP contribution in [0.5, 0.6) is 0 Å². The van der Waals surface area contributed by atoms with Gasteiger partial charge >= 0.3 is 0 Å². The van der Waals surface area contributed by atoms with E-state index in [1.165, 1.54) is 4.80 Å².